The van der Waals surface area contributed by atoms with E-state index >= 15 is 0 Å². The Morgan fingerprint density at radius 2 is 1.70 bits per heavy atom. The van der Waals surface area contributed by atoms with Crippen molar-refractivity contribution in [2.24, 2.45) is 0 Å². The topological polar surface area (TPSA) is 53.7 Å². The molecule has 2 aromatic rings. The van der Waals surface area contributed by atoms with Crippen LogP contribution in [0, 0.1) is 5.82 Å². The van der Waals surface area contributed by atoms with Crippen LogP contribution in [0.15, 0.2) is 36.4 Å². The summed E-state index contributed by atoms with van der Waals surface area (Å²) in [6, 6.07) is 10.3. The fraction of sp³-hybridized carbons (Fsp3) is 0.200. The molecule has 1 aliphatic rings. The maximum absolute atomic E-state index is 13.3. The van der Waals surface area contributed by atoms with Crippen molar-refractivity contribution in [1.82, 2.24) is 0 Å². The van der Waals surface area contributed by atoms with Crippen LogP contribution in [0.2, 0.25) is 0 Å². The lowest BCUT2D eigenvalue weighted by molar-refractivity contribution is 0.107. The summed E-state index contributed by atoms with van der Waals surface area (Å²) in [5, 5.41) is 0. The summed E-state index contributed by atoms with van der Waals surface area (Å²) in [5.74, 6) is 1.05. The Hall–Kier alpha value is -2.27. The van der Waals surface area contributed by atoms with Gasteiger partial charge in [0.1, 0.15) is 5.82 Å². The van der Waals surface area contributed by atoms with Crippen LogP contribution < -0.4 is 15.2 Å². The summed E-state index contributed by atoms with van der Waals surface area (Å²) in [7, 11) is 0. The van der Waals surface area contributed by atoms with E-state index in [1.54, 1.807) is 6.07 Å². The SMILES string of the molecule is Nc1ccc(COCc2ccc3c(c2)OCO3)cc1F. The predicted octanol–water partition coefficient (Wildman–Crippen LogP) is 2.85. The Morgan fingerprint density at radius 1 is 1.00 bits per heavy atom. The molecule has 104 valence electrons. The van der Waals surface area contributed by atoms with E-state index in [2.05, 4.69) is 0 Å². The van der Waals surface area contributed by atoms with Crippen molar-refractivity contribution in [3.8, 4) is 11.5 Å². The van der Waals surface area contributed by atoms with Gasteiger partial charge in [0, 0.05) is 0 Å². The van der Waals surface area contributed by atoms with Crippen LogP contribution in [0.5, 0.6) is 11.5 Å². The molecule has 0 bridgehead atoms. The number of hydrogen-bond donors (Lipinski definition) is 1. The molecule has 0 unspecified atom stereocenters. The summed E-state index contributed by atoms with van der Waals surface area (Å²) >= 11 is 0. The molecule has 1 aliphatic heterocycles. The molecule has 2 aromatic carbocycles. The average Bonchev–Trinajstić information content (AvgIpc) is 2.90. The van der Waals surface area contributed by atoms with Gasteiger partial charge in [-0.1, -0.05) is 12.1 Å². The molecule has 1 heterocycles. The molecule has 0 saturated heterocycles. The molecule has 20 heavy (non-hydrogen) atoms. The number of benzene rings is 2. The van der Waals surface area contributed by atoms with Gasteiger partial charge in [-0.25, -0.2) is 4.39 Å². The number of nitrogen functional groups attached to an aromatic ring is 1. The van der Waals surface area contributed by atoms with Crippen LogP contribution in [0.1, 0.15) is 11.1 Å². The first-order valence-electron chi connectivity index (χ1n) is 6.22. The predicted molar refractivity (Wildman–Crippen MR) is 71.9 cm³/mol. The zero-order valence-electron chi connectivity index (χ0n) is 10.8. The normalized spacial score (nSPS) is 12.7. The molecular weight excluding hydrogens is 261 g/mol. The lowest BCUT2D eigenvalue weighted by atomic mass is 10.2. The zero-order valence-corrected chi connectivity index (χ0v) is 10.8. The van der Waals surface area contributed by atoms with Crippen molar-refractivity contribution in [3.05, 3.63) is 53.3 Å². The number of anilines is 1. The Bertz CT molecular complexity index is 631. The minimum absolute atomic E-state index is 0.143. The number of ether oxygens (including phenoxy) is 3. The van der Waals surface area contributed by atoms with Crippen LogP contribution >= 0.6 is 0 Å². The van der Waals surface area contributed by atoms with Gasteiger partial charge in [-0.05, 0) is 35.4 Å². The lowest BCUT2D eigenvalue weighted by Crippen LogP contribution is -1.97. The van der Waals surface area contributed by atoms with Gasteiger partial charge in [0.05, 0.1) is 18.9 Å². The third-order valence-corrected chi connectivity index (χ3v) is 3.04. The second-order valence-electron chi connectivity index (χ2n) is 4.54. The van der Waals surface area contributed by atoms with Gasteiger partial charge in [0.2, 0.25) is 6.79 Å². The molecule has 0 spiro atoms. The van der Waals surface area contributed by atoms with Crippen LogP contribution in [-0.4, -0.2) is 6.79 Å². The number of fused-ring (bicyclic) bond motifs is 1. The molecule has 4 nitrogen and oxygen atoms in total. The molecule has 3 rings (SSSR count). The summed E-state index contributed by atoms with van der Waals surface area (Å²) < 4.78 is 29.4. The quantitative estimate of drug-likeness (QED) is 0.872. The minimum atomic E-state index is -0.422. The molecule has 0 amide bonds. The highest BCUT2D eigenvalue weighted by atomic mass is 19.1. The maximum atomic E-state index is 13.3. The van der Waals surface area contributed by atoms with Crippen LogP contribution in [0.3, 0.4) is 0 Å². The van der Waals surface area contributed by atoms with E-state index in [4.69, 9.17) is 19.9 Å². The van der Waals surface area contributed by atoms with Gasteiger partial charge in [0.15, 0.2) is 11.5 Å². The van der Waals surface area contributed by atoms with Crippen molar-refractivity contribution in [2.75, 3.05) is 12.5 Å². The Morgan fingerprint density at radius 3 is 2.50 bits per heavy atom. The Labute approximate surface area is 115 Å². The standard InChI is InChI=1S/C15H14FNO3/c16-12-5-10(1-3-13(12)17)7-18-8-11-2-4-14-15(6-11)20-9-19-14/h1-6H,7-9,17H2. The first-order chi connectivity index (χ1) is 9.72. The fourth-order valence-corrected chi connectivity index (χ4v) is 1.98. The van der Waals surface area contributed by atoms with Gasteiger partial charge in [0.25, 0.3) is 0 Å². The highest BCUT2D eigenvalue weighted by Crippen LogP contribution is 2.32. The number of halogens is 1. The van der Waals surface area contributed by atoms with E-state index in [-0.39, 0.29) is 12.5 Å². The van der Waals surface area contributed by atoms with Crippen molar-refractivity contribution in [3.63, 3.8) is 0 Å². The van der Waals surface area contributed by atoms with Gasteiger partial charge < -0.3 is 19.9 Å². The first kappa shape index (κ1) is 12.7. The number of hydrogen-bond acceptors (Lipinski definition) is 4. The van der Waals surface area contributed by atoms with Gasteiger partial charge in [-0.15, -0.1) is 0 Å². The van der Waals surface area contributed by atoms with Crippen molar-refractivity contribution < 1.29 is 18.6 Å². The van der Waals surface area contributed by atoms with Gasteiger partial charge >= 0.3 is 0 Å². The maximum Gasteiger partial charge on any atom is 0.231 e. The molecule has 0 aromatic heterocycles. The summed E-state index contributed by atoms with van der Waals surface area (Å²) in [6.07, 6.45) is 0. The van der Waals surface area contributed by atoms with E-state index in [0.29, 0.717) is 13.2 Å². The van der Waals surface area contributed by atoms with E-state index in [9.17, 15) is 4.39 Å². The second kappa shape index (κ2) is 5.38. The van der Waals surface area contributed by atoms with E-state index in [1.807, 2.05) is 18.2 Å². The van der Waals surface area contributed by atoms with Crippen LogP contribution in [0.4, 0.5) is 10.1 Å². The van der Waals surface area contributed by atoms with E-state index in [1.165, 1.54) is 12.1 Å². The molecule has 2 N–H and O–H groups in total. The fourth-order valence-electron chi connectivity index (χ4n) is 1.98. The third-order valence-electron chi connectivity index (χ3n) is 3.04. The second-order valence-corrected chi connectivity index (χ2v) is 4.54. The lowest BCUT2D eigenvalue weighted by Gasteiger charge is -2.06. The third kappa shape index (κ3) is 2.67. The van der Waals surface area contributed by atoms with Crippen molar-refractivity contribution in [2.45, 2.75) is 13.2 Å². The smallest absolute Gasteiger partial charge is 0.231 e. The molecule has 0 fully saturated rings. The number of nitrogens with two attached hydrogens (primary N) is 1. The Kier molecular flexibility index (Phi) is 3.43. The molecule has 0 saturated carbocycles. The van der Waals surface area contributed by atoms with Crippen molar-refractivity contribution in [1.29, 1.82) is 0 Å². The first-order valence-corrected chi connectivity index (χ1v) is 6.22. The summed E-state index contributed by atoms with van der Waals surface area (Å²) in [6.45, 7) is 0.999. The molecule has 0 atom stereocenters. The molecular formula is C15H14FNO3. The van der Waals surface area contributed by atoms with Gasteiger partial charge in [-0.3, -0.25) is 0 Å². The largest absolute Gasteiger partial charge is 0.454 e. The van der Waals surface area contributed by atoms with Gasteiger partial charge in [-0.2, -0.15) is 0 Å². The number of rotatable bonds is 4. The highest BCUT2D eigenvalue weighted by molar-refractivity contribution is 5.44. The summed E-state index contributed by atoms with van der Waals surface area (Å²) in [4.78, 5) is 0. The van der Waals surface area contributed by atoms with Crippen molar-refractivity contribution >= 4 is 5.69 Å². The minimum Gasteiger partial charge on any atom is -0.454 e. The average molecular weight is 275 g/mol. The molecule has 0 aliphatic carbocycles. The van der Waals surface area contributed by atoms with E-state index < -0.39 is 5.82 Å². The molecule has 5 heteroatoms. The molecule has 0 radical (unpaired) electrons. The monoisotopic (exact) mass is 275 g/mol. The highest BCUT2D eigenvalue weighted by Gasteiger charge is 2.13. The Balaban J connectivity index is 1.58. The summed E-state index contributed by atoms with van der Waals surface area (Å²) in [5.41, 5.74) is 7.29. The zero-order chi connectivity index (χ0) is 13.9. The van der Waals surface area contributed by atoms with Crippen LogP contribution in [0.25, 0.3) is 0 Å². The van der Waals surface area contributed by atoms with E-state index in [0.717, 1.165) is 22.6 Å². The van der Waals surface area contributed by atoms with Crippen LogP contribution in [-0.2, 0) is 18.0 Å².